The van der Waals surface area contributed by atoms with Gasteiger partial charge in [-0.1, -0.05) is 0 Å². The van der Waals surface area contributed by atoms with E-state index in [0.29, 0.717) is 11.1 Å². The van der Waals surface area contributed by atoms with Crippen molar-refractivity contribution in [3.8, 4) is 6.07 Å². The first-order valence-corrected chi connectivity index (χ1v) is 8.46. The van der Waals surface area contributed by atoms with Crippen molar-refractivity contribution in [3.63, 3.8) is 0 Å². The van der Waals surface area contributed by atoms with Crippen LogP contribution in [0.2, 0.25) is 0 Å². The predicted octanol–water partition coefficient (Wildman–Crippen LogP) is 0.996. The van der Waals surface area contributed by atoms with Crippen molar-refractivity contribution < 1.29 is 18.1 Å². The summed E-state index contributed by atoms with van der Waals surface area (Å²) in [4.78, 5) is 10.4. The van der Waals surface area contributed by atoms with Crippen LogP contribution in [0.4, 0.5) is 5.69 Å². The zero-order valence-corrected chi connectivity index (χ0v) is 13.6. The summed E-state index contributed by atoms with van der Waals surface area (Å²) in [5.74, 6) is -0.533. The van der Waals surface area contributed by atoms with Gasteiger partial charge in [-0.3, -0.25) is 10.1 Å². The maximum Gasteiger partial charge on any atom is 0.269 e. The fourth-order valence-electron chi connectivity index (χ4n) is 2.40. The lowest BCUT2D eigenvalue weighted by Gasteiger charge is -2.36. The number of rotatable bonds is 4. The minimum atomic E-state index is -3.88. The summed E-state index contributed by atoms with van der Waals surface area (Å²) in [5.41, 5.74) is 5.61. The van der Waals surface area contributed by atoms with Gasteiger partial charge in [0, 0.05) is 12.1 Å². The van der Waals surface area contributed by atoms with Crippen molar-refractivity contribution >= 4 is 15.5 Å². The quantitative estimate of drug-likeness (QED) is 0.638. The number of hydrogen-bond acceptors (Lipinski definition) is 7. The maximum atomic E-state index is 12.5. The van der Waals surface area contributed by atoms with Crippen LogP contribution in [0, 0.1) is 21.4 Å². The average Bonchev–Trinajstić information content (AvgIpc) is 2.46. The Hall–Kier alpha value is -2.02. The van der Waals surface area contributed by atoms with E-state index in [2.05, 4.69) is 0 Å². The summed E-state index contributed by atoms with van der Waals surface area (Å²) in [6.45, 7) is 2.70. The average molecular weight is 339 g/mol. The number of ether oxygens (including phenoxy) is 1. The van der Waals surface area contributed by atoms with E-state index in [1.807, 2.05) is 0 Å². The van der Waals surface area contributed by atoms with E-state index in [9.17, 15) is 18.5 Å². The van der Waals surface area contributed by atoms with Gasteiger partial charge in [-0.2, -0.15) is 5.26 Å². The summed E-state index contributed by atoms with van der Waals surface area (Å²) >= 11 is 0. The Morgan fingerprint density at radius 1 is 1.52 bits per heavy atom. The summed E-state index contributed by atoms with van der Waals surface area (Å²) in [5, 5.41) is 20.0. The Bertz CT molecular complexity index is 797. The molecule has 0 aromatic heterocycles. The molecule has 1 atom stereocenters. The molecule has 1 aliphatic rings. The van der Waals surface area contributed by atoms with Gasteiger partial charge in [0.05, 0.1) is 35.5 Å². The van der Waals surface area contributed by atoms with E-state index in [1.165, 1.54) is 32.0 Å². The van der Waals surface area contributed by atoms with E-state index in [0.717, 1.165) is 0 Å². The van der Waals surface area contributed by atoms with Gasteiger partial charge in [-0.15, -0.1) is 0 Å². The van der Waals surface area contributed by atoms with Crippen LogP contribution in [0.25, 0.3) is 0 Å². The second kappa shape index (κ2) is 5.56. The second-order valence-electron chi connectivity index (χ2n) is 6.13. The van der Waals surface area contributed by atoms with Crippen molar-refractivity contribution in [2.75, 3.05) is 12.4 Å². The van der Waals surface area contributed by atoms with Crippen LogP contribution in [0.3, 0.4) is 0 Å². The zero-order chi connectivity index (χ0) is 17.5. The lowest BCUT2D eigenvalue weighted by Crippen LogP contribution is -2.52. The number of non-ortho nitro benzene ring substituents is 1. The number of sulfone groups is 1. The van der Waals surface area contributed by atoms with Crippen LogP contribution in [0.5, 0.6) is 0 Å². The summed E-state index contributed by atoms with van der Waals surface area (Å²) < 4.78 is 28.7. The third-order valence-electron chi connectivity index (χ3n) is 3.95. The SMILES string of the molecule is CC(C)(C#N)S(=O)(=O)C[C@@]1(N)COCc2ccc([N+](=O)[O-])cc21. The molecule has 0 bridgehead atoms. The highest BCUT2D eigenvalue weighted by Crippen LogP contribution is 2.34. The summed E-state index contributed by atoms with van der Waals surface area (Å²) in [7, 11) is -3.88. The van der Waals surface area contributed by atoms with Gasteiger partial charge in [0.15, 0.2) is 14.6 Å². The molecule has 1 aromatic rings. The lowest BCUT2D eigenvalue weighted by atomic mass is 9.87. The van der Waals surface area contributed by atoms with Crippen molar-refractivity contribution in [1.29, 1.82) is 5.26 Å². The molecular formula is C14H17N3O5S. The van der Waals surface area contributed by atoms with E-state index < -0.39 is 30.8 Å². The van der Waals surface area contributed by atoms with Crippen LogP contribution in [-0.2, 0) is 26.7 Å². The Kier molecular flexibility index (Phi) is 4.19. The predicted molar refractivity (Wildman–Crippen MR) is 82.1 cm³/mol. The van der Waals surface area contributed by atoms with Gasteiger partial charge in [-0.25, -0.2) is 8.42 Å². The second-order valence-corrected chi connectivity index (χ2v) is 8.67. The lowest BCUT2D eigenvalue weighted by molar-refractivity contribution is -0.385. The van der Waals surface area contributed by atoms with Gasteiger partial charge in [0.25, 0.3) is 5.69 Å². The number of nitrogens with two attached hydrogens (primary N) is 1. The number of nitrogens with zero attached hydrogens (tertiary/aromatic N) is 2. The Labute approximate surface area is 133 Å². The number of nitriles is 1. The maximum absolute atomic E-state index is 12.5. The molecule has 0 unspecified atom stereocenters. The largest absolute Gasteiger partial charge is 0.374 e. The Morgan fingerprint density at radius 3 is 2.74 bits per heavy atom. The highest BCUT2D eigenvalue weighted by molar-refractivity contribution is 7.93. The number of hydrogen-bond donors (Lipinski definition) is 1. The molecule has 8 nitrogen and oxygen atoms in total. The minimum absolute atomic E-state index is 0.0953. The van der Waals surface area contributed by atoms with Gasteiger partial charge >= 0.3 is 0 Å². The van der Waals surface area contributed by atoms with Crippen LogP contribution >= 0.6 is 0 Å². The summed E-state index contributed by atoms with van der Waals surface area (Å²) in [6.07, 6.45) is 0. The fourth-order valence-corrected chi connectivity index (χ4v) is 3.81. The molecule has 0 radical (unpaired) electrons. The minimum Gasteiger partial charge on any atom is -0.374 e. The van der Waals surface area contributed by atoms with Crippen molar-refractivity contribution in [1.82, 2.24) is 0 Å². The highest BCUT2D eigenvalue weighted by atomic mass is 32.2. The molecule has 2 rings (SSSR count). The first-order valence-electron chi connectivity index (χ1n) is 6.80. The topological polar surface area (TPSA) is 136 Å². The Morgan fingerprint density at radius 2 is 2.17 bits per heavy atom. The third kappa shape index (κ3) is 3.06. The molecule has 0 saturated carbocycles. The molecule has 124 valence electrons. The van der Waals surface area contributed by atoms with Crippen LogP contribution in [0.1, 0.15) is 25.0 Å². The van der Waals surface area contributed by atoms with Crippen LogP contribution < -0.4 is 5.73 Å². The van der Waals surface area contributed by atoms with Gasteiger partial charge in [-0.05, 0) is 31.0 Å². The first-order chi connectivity index (χ1) is 10.5. The first kappa shape index (κ1) is 17.3. The van der Waals surface area contributed by atoms with E-state index >= 15 is 0 Å². The Balaban J connectivity index is 2.52. The number of nitro groups is 1. The summed E-state index contributed by atoms with van der Waals surface area (Å²) in [6, 6.07) is 5.87. The monoisotopic (exact) mass is 339 g/mol. The molecule has 0 amide bonds. The molecule has 2 N–H and O–H groups in total. The normalized spacial score (nSPS) is 21.3. The van der Waals surface area contributed by atoms with Gasteiger partial charge < -0.3 is 10.5 Å². The third-order valence-corrected chi connectivity index (χ3v) is 6.49. The van der Waals surface area contributed by atoms with E-state index in [1.54, 1.807) is 6.07 Å². The molecule has 1 heterocycles. The fraction of sp³-hybridized carbons (Fsp3) is 0.500. The molecule has 0 spiro atoms. The van der Waals surface area contributed by atoms with Crippen LogP contribution in [0.15, 0.2) is 18.2 Å². The van der Waals surface area contributed by atoms with Gasteiger partial charge in [0.2, 0.25) is 0 Å². The molecule has 0 aliphatic carbocycles. The standard InChI is InChI=1S/C14H17N3O5S/c1-13(2,7-15)23(20,21)9-14(16)8-22-6-10-3-4-11(17(18)19)5-12(10)14/h3-5H,6,8-9,16H2,1-2H3/t14-/m0/s1. The van der Waals surface area contributed by atoms with Crippen LogP contribution in [-0.4, -0.2) is 30.4 Å². The number of benzene rings is 1. The smallest absolute Gasteiger partial charge is 0.269 e. The molecule has 9 heteroatoms. The molecular weight excluding hydrogens is 322 g/mol. The molecule has 0 fully saturated rings. The molecule has 23 heavy (non-hydrogen) atoms. The van der Waals surface area contributed by atoms with E-state index in [-0.39, 0.29) is 18.9 Å². The molecule has 1 aliphatic heterocycles. The van der Waals surface area contributed by atoms with Crippen molar-refractivity contribution in [3.05, 3.63) is 39.4 Å². The highest BCUT2D eigenvalue weighted by Gasteiger charge is 2.44. The molecule has 1 aromatic carbocycles. The van der Waals surface area contributed by atoms with Crippen molar-refractivity contribution in [2.45, 2.75) is 30.7 Å². The molecule has 0 saturated heterocycles. The van der Waals surface area contributed by atoms with E-state index in [4.69, 9.17) is 15.7 Å². The van der Waals surface area contributed by atoms with Crippen molar-refractivity contribution in [2.24, 2.45) is 5.73 Å². The number of fused-ring (bicyclic) bond motifs is 1. The zero-order valence-electron chi connectivity index (χ0n) is 12.8. The van der Waals surface area contributed by atoms with Gasteiger partial charge in [0.1, 0.15) is 0 Å². The number of nitro benzene ring substituents is 1.